The predicted octanol–water partition coefficient (Wildman–Crippen LogP) is 0.144. The topological polar surface area (TPSA) is 84.9 Å². The molecule has 0 amide bonds. The van der Waals surface area contributed by atoms with Crippen LogP contribution in [0.5, 0.6) is 0 Å². The first-order valence-corrected chi connectivity index (χ1v) is 8.74. The fourth-order valence-corrected chi connectivity index (χ4v) is 4.91. The first-order valence-electron chi connectivity index (χ1n) is 6.43. The average Bonchev–Trinajstić information content (AvgIpc) is 2.97. The Balaban J connectivity index is 2.26. The van der Waals surface area contributed by atoms with E-state index in [0.29, 0.717) is 13.2 Å². The van der Waals surface area contributed by atoms with Crippen molar-refractivity contribution in [2.45, 2.75) is 11.0 Å². The predicted molar refractivity (Wildman–Crippen MR) is 78.1 cm³/mol. The minimum Gasteiger partial charge on any atom is -0.465 e. The van der Waals surface area contributed by atoms with Gasteiger partial charge in [-0.3, -0.25) is 0 Å². The maximum Gasteiger partial charge on any atom is 0.349 e. The molecule has 1 aromatic rings. The number of thiophene rings is 1. The summed E-state index contributed by atoms with van der Waals surface area (Å²) in [5, 5.41) is 4.54. The first kappa shape index (κ1) is 16.4. The van der Waals surface area contributed by atoms with Crippen molar-refractivity contribution >= 4 is 27.3 Å². The second-order valence-electron chi connectivity index (χ2n) is 4.52. The molecule has 0 bridgehead atoms. The number of carbonyl (C=O) groups excluding carboxylic acids is 1. The standard InChI is InChI=1S/C12H18N2O5S2/c1-13-7-9-8-14(4-5-19-9)21(16,17)10-3-6-20-11(10)12(15)18-2/h3,6,9,13H,4-5,7-8H2,1-2H3. The van der Waals surface area contributed by atoms with Gasteiger partial charge in [0.1, 0.15) is 9.77 Å². The zero-order valence-electron chi connectivity index (χ0n) is 11.9. The second-order valence-corrected chi connectivity index (χ2v) is 7.34. The second kappa shape index (κ2) is 6.84. The number of carbonyl (C=O) groups is 1. The zero-order chi connectivity index (χ0) is 15.5. The molecule has 0 radical (unpaired) electrons. The highest BCUT2D eigenvalue weighted by molar-refractivity contribution is 7.89. The third-order valence-corrected chi connectivity index (χ3v) is 6.08. The maximum absolute atomic E-state index is 12.7. The Morgan fingerprint density at radius 3 is 3.05 bits per heavy atom. The summed E-state index contributed by atoms with van der Waals surface area (Å²) in [4.78, 5) is 11.8. The molecule has 1 atom stereocenters. The summed E-state index contributed by atoms with van der Waals surface area (Å²) < 4.78 is 36.9. The minimum atomic E-state index is -3.72. The smallest absolute Gasteiger partial charge is 0.349 e. The molecule has 0 aliphatic carbocycles. The van der Waals surface area contributed by atoms with Gasteiger partial charge in [-0.1, -0.05) is 0 Å². The van der Waals surface area contributed by atoms with Crippen molar-refractivity contribution in [2.75, 3.05) is 40.4 Å². The van der Waals surface area contributed by atoms with Crippen LogP contribution in [0.2, 0.25) is 0 Å². The van der Waals surface area contributed by atoms with E-state index in [-0.39, 0.29) is 29.0 Å². The van der Waals surface area contributed by atoms with Crippen LogP contribution in [0.15, 0.2) is 16.3 Å². The molecule has 1 aliphatic heterocycles. The van der Waals surface area contributed by atoms with Crippen molar-refractivity contribution in [1.82, 2.24) is 9.62 Å². The van der Waals surface area contributed by atoms with Crippen LogP contribution >= 0.6 is 11.3 Å². The van der Waals surface area contributed by atoms with Gasteiger partial charge >= 0.3 is 5.97 Å². The van der Waals surface area contributed by atoms with Crippen LogP contribution in [-0.2, 0) is 19.5 Å². The molecule has 9 heteroatoms. The van der Waals surface area contributed by atoms with Crippen LogP contribution in [0, 0.1) is 0 Å². The van der Waals surface area contributed by atoms with Crippen LogP contribution < -0.4 is 5.32 Å². The lowest BCUT2D eigenvalue weighted by atomic mass is 10.3. The Bertz CT molecular complexity index is 597. The van der Waals surface area contributed by atoms with Crippen molar-refractivity contribution in [3.8, 4) is 0 Å². The summed E-state index contributed by atoms with van der Waals surface area (Å²) in [6.07, 6.45) is -0.196. The van der Waals surface area contributed by atoms with Gasteiger partial charge in [-0.2, -0.15) is 4.31 Å². The van der Waals surface area contributed by atoms with Gasteiger partial charge in [0, 0.05) is 19.6 Å². The first-order chi connectivity index (χ1) is 10.0. The van der Waals surface area contributed by atoms with E-state index < -0.39 is 16.0 Å². The largest absolute Gasteiger partial charge is 0.465 e. The number of esters is 1. The summed E-state index contributed by atoms with van der Waals surface area (Å²) in [7, 11) is -0.706. The van der Waals surface area contributed by atoms with E-state index in [2.05, 4.69) is 10.1 Å². The van der Waals surface area contributed by atoms with Crippen molar-refractivity contribution < 1.29 is 22.7 Å². The van der Waals surface area contributed by atoms with Gasteiger partial charge in [-0.05, 0) is 18.5 Å². The van der Waals surface area contributed by atoms with Crippen LogP contribution in [0.3, 0.4) is 0 Å². The Morgan fingerprint density at radius 1 is 1.62 bits per heavy atom. The number of nitrogens with one attached hydrogen (secondary N) is 1. The molecule has 2 heterocycles. The molecule has 0 aromatic carbocycles. The zero-order valence-corrected chi connectivity index (χ0v) is 13.5. The van der Waals surface area contributed by atoms with Crippen molar-refractivity contribution in [3.05, 3.63) is 16.3 Å². The van der Waals surface area contributed by atoms with Crippen molar-refractivity contribution in [2.24, 2.45) is 0 Å². The summed E-state index contributed by atoms with van der Waals surface area (Å²) in [6, 6.07) is 1.44. The highest BCUT2D eigenvalue weighted by atomic mass is 32.2. The summed E-state index contributed by atoms with van der Waals surface area (Å²) in [5.41, 5.74) is 0. The van der Waals surface area contributed by atoms with E-state index in [1.807, 2.05) is 0 Å². The molecule has 1 N–H and O–H groups in total. The molecule has 0 saturated carbocycles. The van der Waals surface area contributed by atoms with Crippen LogP contribution in [0.4, 0.5) is 0 Å². The van der Waals surface area contributed by atoms with Crippen molar-refractivity contribution in [3.63, 3.8) is 0 Å². The summed E-state index contributed by atoms with van der Waals surface area (Å²) in [6.45, 7) is 1.45. The Labute approximate surface area is 127 Å². The lowest BCUT2D eigenvalue weighted by Gasteiger charge is -2.32. The number of ether oxygens (including phenoxy) is 2. The van der Waals surface area contributed by atoms with E-state index in [4.69, 9.17) is 4.74 Å². The lowest BCUT2D eigenvalue weighted by Crippen LogP contribution is -2.48. The van der Waals surface area contributed by atoms with Crippen LogP contribution in [0.1, 0.15) is 9.67 Å². The fourth-order valence-electron chi connectivity index (χ4n) is 2.14. The quantitative estimate of drug-likeness (QED) is 0.771. The van der Waals surface area contributed by atoms with Crippen LogP contribution in [0.25, 0.3) is 0 Å². The minimum absolute atomic E-state index is 0.00413. The molecule has 0 spiro atoms. The monoisotopic (exact) mass is 334 g/mol. The Hall–Kier alpha value is -1.00. The molecule has 118 valence electrons. The Morgan fingerprint density at radius 2 is 2.38 bits per heavy atom. The van der Waals surface area contributed by atoms with Gasteiger partial charge in [-0.25, -0.2) is 13.2 Å². The molecule has 21 heavy (non-hydrogen) atoms. The number of likely N-dealkylation sites (N-methyl/N-ethyl adjacent to an activating group) is 1. The molecular formula is C12H18N2O5S2. The highest BCUT2D eigenvalue weighted by Gasteiger charge is 2.34. The third kappa shape index (κ3) is 3.43. The highest BCUT2D eigenvalue weighted by Crippen LogP contribution is 2.27. The number of sulfonamides is 1. The number of hydrogen-bond donors (Lipinski definition) is 1. The molecule has 1 unspecified atom stereocenters. The van der Waals surface area contributed by atoms with E-state index in [0.717, 1.165) is 11.3 Å². The number of hydrogen-bond acceptors (Lipinski definition) is 7. The fraction of sp³-hybridized carbons (Fsp3) is 0.583. The van der Waals surface area contributed by atoms with E-state index in [1.54, 1.807) is 12.4 Å². The summed E-state index contributed by atoms with van der Waals surface area (Å²) >= 11 is 1.06. The average molecular weight is 334 g/mol. The summed E-state index contributed by atoms with van der Waals surface area (Å²) in [5.74, 6) is -0.636. The van der Waals surface area contributed by atoms with Gasteiger partial charge in [0.2, 0.25) is 10.0 Å². The maximum atomic E-state index is 12.7. The molecule has 1 aliphatic rings. The molecule has 1 saturated heterocycles. The van der Waals surface area contributed by atoms with Gasteiger partial charge in [0.25, 0.3) is 0 Å². The molecule has 7 nitrogen and oxygen atoms in total. The molecule has 1 aromatic heterocycles. The SMILES string of the molecule is CNCC1CN(S(=O)(=O)c2ccsc2C(=O)OC)CCO1. The molecule has 2 rings (SSSR count). The number of morpholine rings is 1. The Kier molecular flexibility index (Phi) is 5.33. The van der Waals surface area contributed by atoms with Crippen LogP contribution in [-0.4, -0.2) is 65.2 Å². The molecular weight excluding hydrogens is 316 g/mol. The van der Waals surface area contributed by atoms with Crippen molar-refractivity contribution in [1.29, 1.82) is 0 Å². The van der Waals surface area contributed by atoms with E-state index in [1.165, 1.54) is 17.5 Å². The number of methoxy groups -OCH3 is 1. The van der Waals surface area contributed by atoms with E-state index in [9.17, 15) is 13.2 Å². The number of nitrogens with zero attached hydrogens (tertiary/aromatic N) is 1. The van der Waals surface area contributed by atoms with Gasteiger partial charge < -0.3 is 14.8 Å². The number of rotatable bonds is 5. The normalized spacial score (nSPS) is 20.4. The van der Waals surface area contributed by atoms with Gasteiger partial charge in [-0.15, -0.1) is 11.3 Å². The molecule has 1 fully saturated rings. The van der Waals surface area contributed by atoms with Gasteiger partial charge in [0.15, 0.2) is 0 Å². The lowest BCUT2D eigenvalue weighted by molar-refractivity contribution is 0.000814. The van der Waals surface area contributed by atoms with E-state index >= 15 is 0 Å². The van der Waals surface area contributed by atoms with Gasteiger partial charge in [0.05, 0.1) is 19.8 Å². The third-order valence-electron chi connectivity index (χ3n) is 3.15.